The predicted octanol–water partition coefficient (Wildman–Crippen LogP) is 2.70. The normalized spacial score (nSPS) is 19.6. The van der Waals surface area contributed by atoms with Gasteiger partial charge in [-0.1, -0.05) is 23.8 Å². The first kappa shape index (κ1) is 14.4. The summed E-state index contributed by atoms with van der Waals surface area (Å²) in [6.45, 7) is 3.53. The molecule has 0 aliphatic carbocycles. The largest absolute Gasteiger partial charge is 0.494 e. The van der Waals surface area contributed by atoms with Crippen LogP contribution >= 0.6 is 11.6 Å². The van der Waals surface area contributed by atoms with E-state index >= 15 is 0 Å². The van der Waals surface area contributed by atoms with Crippen molar-refractivity contribution in [1.82, 2.24) is 4.90 Å². The maximum Gasteiger partial charge on any atom is 0.119 e. The van der Waals surface area contributed by atoms with E-state index in [0.29, 0.717) is 12.6 Å². The molecule has 0 aromatic heterocycles. The highest BCUT2D eigenvalue weighted by Gasteiger charge is 2.16. The first-order valence-corrected chi connectivity index (χ1v) is 7.16. The SMILES string of the molecule is NCC1C=CCCN1CCCOc1ccc(Cl)cc1. The summed E-state index contributed by atoms with van der Waals surface area (Å²) in [5.41, 5.74) is 5.77. The molecule has 1 heterocycles. The zero-order valence-electron chi connectivity index (χ0n) is 11.1. The van der Waals surface area contributed by atoms with E-state index in [1.54, 1.807) is 0 Å². The first-order chi connectivity index (χ1) is 9.29. The minimum absolute atomic E-state index is 0.393. The van der Waals surface area contributed by atoms with Gasteiger partial charge in [-0.15, -0.1) is 0 Å². The molecule has 0 saturated heterocycles. The van der Waals surface area contributed by atoms with E-state index in [1.807, 2.05) is 24.3 Å². The molecule has 1 unspecified atom stereocenters. The second-order valence-electron chi connectivity index (χ2n) is 4.71. The van der Waals surface area contributed by atoms with Crippen molar-refractivity contribution in [3.05, 3.63) is 41.4 Å². The van der Waals surface area contributed by atoms with Crippen LogP contribution in [-0.2, 0) is 0 Å². The van der Waals surface area contributed by atoms with Crippen molar-refractivity contribution >= 4 is 11.6 Å². The third-order valence-electron chi connectivity index (χ3n) is 3.32. The monoisotopic (exact) mass is 280 g/mol. The molecule has 0 amide bonds. The molecule has 3 nitrogen and oxygen atoms in total. The lowest BCUT2D eigenvalue weighted by Gasteiger charge is -2.31. The fourth-order valence-corrected chi connectivity index (χ4v) is 2.40. The number of ether oxygens (including phenoxy) is 1. The van der Waals surface area contributed by atoms with Crippen LogP contribution in [0.15, 0.2) is 36.4 Å². The lowest BCUT2D eigenvalue weighted by atomic mass is 10.1. The molecule has 1 aromatic rings. The summed E-state index contributed by atoms with van der Waals surface area (Å²) in [6.07, 6.45) is 6.56. The number of benzene rings is 1. The molecule has 0 fully saturated rings. The minimum atomic E-state index is 0.393. The summed E-state index contributed by atoms with van der Waals surface area (Å²) in [6, 6.07) is 7.88. The molecule has 1 atom stereocenters. The summed E-state index contributed by atoms with van der Waals surface area (Å²) in [5, 5.41) is 0.734. The minimum Gasteiger partial charge on any atom is -0.494 e. The molecule has 2 N–H and O–H groups in total. The molecular formula is C15H21ClN2O. The van der Waals surface area contributed by atoms with Gasteiger partial charge in [0.05, 0.1) is 6.61 Å². The Balaban J connectivity index is 1.69. The van der Waals surface area contributed by atoms with E-state index in [9.17, 15) is 0 Å². The van der Waals surface area contributed by atoms with Crippen molar-refractivity contribution in [2.24, 2.45) is 5.73 Å². The lowest BCUT2D eigenvalue weighted by molar-refractivity contribution is 0.202. The summed E-state index contributed by atoms with van der Waals surface area (Å²) in [7, 11) is 0. The van der Waals surface area contributed by atoms with Crippen LogP contribution in [0.25, 0.3) is 0 Å². The highest BCUT2D eigenvalue weighted by molar-refractivity contribution is 6.30. The van der Waals surface area contributed by atoms with Gasteiger partial charge in [0.15, 0.2) is 0 Å². The Labute approximate surface area is 120 Å². The van der Waals surface area contributed by atoms with Gasteiger partial charge in [-0.3, -0.25) is 4.90 Å². The predicted molar refractivity (Wildman–Crippen MR) is 79.7 cm³/mol. The average molecular weight is 281 g/mol. The fourth-order valence-electron chi connectivity index (χ4n) is 2.27. The molecule has 0 bridgehead atoms. The van der Waals surface area contributed by atoms with Gasteiger partial charge in [-0.2, -0.15) is 0 Å². The van der Waals surface area contributed by atoms with Crippen LogP contribution < -0.4 is 10.5 Å². The second kappa shape index (κ2) is 7.53. The van der Waals surface area contributed by atoms with Crippen LogP contribution in [0.5, 0.6) is 5.75 Å². The van der Waals surface area contributed by atoms with Crippen molar-refractivity contribution in [3.8, 4) is 5.75 Å². The van der Waals surface area contributed by atoms with Crippen molar-refractivity contribution in [3.63, 3.8) is 0 Å². The van der Waals surface area contributed by atoms with Crippen LogP contribution in [0.4, 0.5) is 0 Å². The van der Waals surface area contributed by atoms with E-state index in [0.717, 1.165) is 43.3 Å². The van der Waals surface area contributed by atoms with Crippen LogP contribution in [-0.4, -0.2) is 37.2 Å². The Morgan fingerprint density at radius 2 is 2.11 bits per heavy atom. The molecule has 19 heavy (non-hydrogen) atoms. The quantitative estimate of drug-likeness (QED) is 0.643. The maximum absolute atomic E-state index is 5.83. The highest BCUT2D eigenvalue weighted by Crippen LogP contribution is 2.16. The lowest BCUT2D eigenvalue weighted by Crippen LogP contribution is -2.42. The van der Waals surface area contributed by atoms with Gasteiger partial charge in [0, 0.05) is 30.7 Å². The number of nitrogens with two attached hydrogens (primary N) is 1. The third-order valence-corrected chi connectivity index (χ3v) is 3.58. The zero-order chi connectivity index (χ0) is 13.5. The highest BCUT2D eigenvalue weighted by atomic mass is 35.5. The Morgan fingerprint density at radius 1 is 1.32 bits per heavy atom. The molecule has 4 heteroatoms. The summed E-state index contributed by atoms with van der Waals surface area (Å²) in [4.78, 5) is 2.42. The van der Waals surface area contributed by atoms with Gasteiger partial charge < -0.3 is 10.5 Å². The van der Waals surface area contributed by atoms with E-state index in [2.05, 4.69) is 17.1 Å². The fraction of sp³-hybridized carbons (Fsp3) is 0.467. The van der Waals surface area contributed by atoms with Crippen LogP contribution in [0.2, 0.25) is 5.02 Å². The molecule has 0 saturated carbocycles. The Kier molecular flexibility index (Phi) is 5.70. The number of nitrogens with zero attached hydrogens (tertiary/aromatic N) is 1. The molecule has 1 aliphatic heterocycles. The number of rotatable bonds is 6. The number of halogens is 1. The van der Waals surface area contributed by atoms with Gasteiger partial charge in [0.2, 0.25) is 0 Å². The van der Waals surface area contributed by atoms with Crippen LogP contribution in [0.1, 0.15) is 12.8 Å². The van der Waals surface area contributed by atoms with Gasteiger partial charge >= 0.3 is 0 Å². The van der Waals surface area contributed by atoms with Crippen molar-refractivity contribution in [1.29, 1.82) is 0 Å². The van der Waals surface area contributed by atoms with Crippen LogP contribution in [0.3, 0.4) is 0 Å². The van der Waals surface area contributed by atoms with Gasteiger partial charge in [-0.05, 0) is 37.1 Å². The van der Waals surface area contributed by atoms with Crippen molar-refractivity contribution in [2.75, 3.05) is 26.2 Å². The molecule has 2 rings (SSSR count). The maximum atomic E-state index is 5.83. The molecule has 104 valence electrons. The van der Waals surface area contributed by atoms with E-state index < -0.39 is 0 Å². The Hall–Kier alpha value is -1.03. The van der Waals surface area contributed by atoms with E-state index in [4.69, 9.17) is 22.1 Å². The summed E-state index contributed by atoms with van der Waals surface area (Å²) >= 11 is 5.83. The number of hydrogen-bond donors (Lipinski definition) is 1. The van der Waals surface area contributed by atoms with Gasteiger partial charge in [-0.25, -0.2) is 0 Å². The van der Waals surface area contributed by atoms with Gasteiger partial charge in [0.25, 0.3) is 0 Å². The summed E-state index contributed by atoms with van der Waals surface area (Å²) in [5.74, 6) is 0.873. The third kappa shape index (κ3) is 4.53. The standard InChI is InChI=1S/C15H21ClN2O/c16-13-5-7-15(8-6-13)19-11-3-10-18-9-2-1-4-14(18)12-17/h1,4-8,14H,2-3,9-12,17H2. The molecule has 1 aromatic carbocycles. The summed E-state index contributed by atoms with van der Waals surface area (Å²) < 4.78 is 5.69. The topological polar surface area (TPSA) is 38.5 Å². The van der Waals surface area contributed by atoms with Crippen LogP contribution in [0, 0.1) is 0 Å². The van der Waals surface area contributed by atoms with Crippen molar-refractivity contribution < 1.29 is 4.74 Å². The van der Waals surface area contributed by atoms with Crippen molar-refractivity contribution in [2.45, 2.75) is 18.9 Å². The van der Waals surface area contributed by atoms with E-state index in [1.165, 1.54) is 0 Å². The smallest absolute Gasteiger partial charge is 0.119 e. The van der Waals surface area contributed by atoms with Gasteiger partial charge in [0.1, 0.15) is 5.75 Å². The molecule has 1 aliphatic rings. The number of hydrogen-bond acceptors (Lipinski definition) is 3. The Bertz CT molecular complexity index is 405. The molecular weight excluding hydrogens is 260 g/mol. The Morgan fingerprint density at radius 3 is 2.84 bits per heavy atom. The molecule has 0 spiro atoms. The zero-order valence-corrected chi connectivity index (χ0v) is 11.9. The first-order valence-electron chi connectivity index (χ1n) is 6.79. The van der Waals surface area contributed by atoms with E-state index in [-0.39, 0.29) is 0 Å². The second-order valence-corrected chi connectivity index (χ2v) is 5.15. The molecule has 0 radical (unpaired) electrons. The average Bonchev–Trinajstić information content (AvgIpc) is 2.46.